The molecule has 0 amide bonds. The molecule has 0 fully saturated rings. The Morgan fingerprint density at radius 1 is 1.43 bits per heavy atom. The van der Waals surface area contributed by atoms with Crippen molar-refractivity contribution in [3.8, 4) is 5.75 Å². The number of rotatable bonds is 8. The number of aromatic nitrogens is 2. The van der Waals surface area contributed by atoms with Crippen LogP contribution >= 0.6 is 11.8 Å². The molecular weight excluding hydrogens is 316 g/mol. The van der Waals surface area contributed by atoms with Gasteiger partial charge in [-0.15, -0.1) is 0 Å². The third kappa shape index (κ3) is 4.49. The van der Waals surface area contributed by atoms with Crippen LogP contribution in [-0.4, -0.2) is 33.0 Å². The Morgan fingerprint density at radius 3 is 2.65 bits per heavy atom. The number of aliphatic carboxylic acids is 1. The Hall–Kier alpha value is -1.99. The fraction of sp³-hybridized carbons (Fsp3) is 0.375. The van der Waals surface area contributed by atoms with Gasteiger partial charge < -0.3 is 24.3 Å². The van der Waals surface area contributed by atoms with Gasteiger partial charge in [0.25, 0.3) is 0 Å². The van der Waals surface area contributed by atoms with Crippen molar-refractivity contribution in [1.82, 2.24) is 9.55 Å². The second-order valence-corrected chi connectivity index (χ2v) is 6.15. The molecule has 0 unspecified atom stereocenters. The van der Waals surface area contributed by atoms with Gasteiger partial charge >= 0.3 is 0 Å². The zero-order valence-electron chi connectivity index (χ0n) is 13.1. The SMILES string of the molecule is CC[C@@H](Sc1nc(CO)cn1Cc1ccc(OC)cc1)C(=O)[O-]. The Kier molecular flexibility index (Phi) is 6.06. The minimum atomic E-state index is -1.11. The van der Waals surface area contributed by atoms with Gasteiger partial charge in [-0.2, -0.15) is 0 Å². The van der Waals surface area contributed by atoms with Gasteiger partial charge in [-0.3, -0.25) is 0 Å². The third-order valence-corrected chi connectivity index (χ3v) is 4.69. The van der Waals surface area contributed by atoms with Crippen LogP contribution in [0.2, 0.25) is 0 Å². The van der Waals surface area contributed by atoms with E-state index >= 15 is 0 Å². The first-order valence-electron chi connectivity index (χ1n) is 7.24. The monoisotopic (exact) mass is 335 g/mol. The summed E-state index contributed by atoms with van der Waals surface area (Å²) in [5.41, 5.74) is 1.53. The van der Waals surface area contributed by atoms with Crippen LogP contribution in [0.5, 0.6) is 5.75 Å². The van der Waals surface area contributed by atoms with Gasteiger partial charge in [0.1, 0.15) is 5.75 Å². The van der Waals surface area contributed by atoms with E-state index in [2.05, 4.69) is 4.98 Å². The molecule has 7 heteroatoms. The highest BCUT2D eigenvalue weighted by atomic mass is 32.2. The molecule has 1 aromatic carbocycles. The summed E-state index contributed by atoms with van der Waals surface area (Å²) in [5, 5.41) is 20.3. The average Bonchev–Trinajstić information content (AvgIpc) is 2.94. The minimum Gasteiger partial charge on any atom is -0.549 e. The summed E-state index contributed by atoms with van der Waals surface area (Å²) >= 11 is 1.14. The maximum atomic E-state index is 11.1. The zero-order chi connectivity index (χ0) is 16.8. The van der Waals surface area contributed by atoms with Crippen LogP contribution in [0, 0.1) is 0 Å². The highest BCUT2D eigenvalue weighted by molar-refractivity contribution is 8.00. The lowest BCUT2D eigenvalue weighted by atomic mass is 10.2. The summed E-state index contributed by atoms with van der Waals surface area (Å²) < 4.78 is 6.97. The van der Waals surface area contributed by atoms with Gasteiger partial charge in [0.2, 0.25) is 0 Å². The first-order chi connectivity index (χ1) is 11.1. The predicted molar refractivity (Wildman–Crippen MR) is 85.2 cm³/mol. The largest absolute Gasteiger partial charge is 0.549 e. The van der Waals surface area contributed by atoms with E-state index in [1.54, 1.807) is 20.2 Å². The summed E-state index contributed by atoms with van der Waals surface area (Å²) in [6.07, 6.45) is 2.17. The van der Waals surface area contributed by atoms with E-state index in [-0.39, 0.29) is 6.61 Å². The topological polar surface area (TPSA) is 87.4 Å². The molecule has 1 atom stereocenters. The maximum Gasteiger partial charge on any atom is 0.169 e. The van der Waals surface area contributed by atoms with E-state index in [9.17, 15) is 15.0 Å². The minimum absolute atomic E-state index is 0.189. The van der Waals surface area contributed by atoms with Crippen molar-refractivity contribution in [2.45, 2.75) is 36.9 Å². The Labute approximate surface area is 139 Å². The molecule has 2 aromatic rings. The summed E-state index contributed by atoms with van der Waals surface area (Å²) in [6.45, 7) is 2.13. The van der Waals surface area contributed by atoms with E-state index < -0.39 is 11.2 Å². The highest BCUT2D eigenvalue weighted by Gasteiger charge is 2.15. The second-order valence-electron chi connectivity index (χ2n) is 4.98. The smallest absolute Gasteiger partial charge is 0.169 e. The number of carbonyl (C=O) groups is 1. The van der Waals surface area contributed by atoms with Gasteiger partial charge in [-0.1, -0.05) is 30.8 Å². The van der Waals surface area contributed by atoms with Gasteiger partial charge in [-0.05, 0) is 24.1 Å². The summed E-state index contributed by atoms with van der Waals surface area (Å²) in [5.74, 6) is -0.338. The highest BCUT2D eigenvalue weighted by Crippen LogP contribution is 2.26. The third-order valence-electron chi connectivity index (χ3n) is 3.35. The Morgan fingerprint density at radius 2 is 2.13 bits per heavy atom. The number of ether oxygens (including phenoxy) is 1. The summed E-state index contributed by atoms with van der Waals surface area (Å²) in [6, 6.07) is 7.59. The van der Waals surface area contributed by atoms with Crippen molar-refractivity contribution in [1.29, 1.82) is 0 Å². The molecule has 0 aliphatic rings. The average molecular weight is 335 g/mol. The number of aliphatic hydroxyl groups excluding tert-OH is 1. The number of carboxylic acids is 1. The molecular formula is C16H19N2O4S-. The molecule has 0 saturated heterocycles. The first-order valence-corrected chi connectivity index (χ1v) is 8.12. The van der Waals surface area contributed by atoms with Crippen LogP contribution in [0.1, 0.15) is 24.6 Å². The van der Waals surface area contributed by atoms with Crippen LogP contribution in [-0.2, 0) is 17.9 Å². The molecule has 1 N–H and O–H groups in total. The summed E-state index contributed by atoms with van der Waals surface area (Å²) in [4.78, 5) is 15.4. The number of benzene rings is 1. The number of aliphatic hydroxyl groups is 1. The van der Waals surface area contributed by atoms with E-state index in [1.165, 1.54) is 0 Å². The van der Waals surface area contributed by atoms with Crippen LogP contribution in [0.4, 0.5) is 0 Å². The van der Waals surface area contributed by atoms with Crippen molar-refractivity contribution < 1.29 is 19.7 Å². The van der Waals surface area contributed by atoms with Crippen LogP contribution in [0.15, 0.2) is 35.6 Å². The molecule has 124 valence electrons. The molecule has 0 aliphatic heterocycles. The number of hydrogen-bond acceptors (Lipinski definition) is 6. The van der Waals surface area contributed by atoms with E-state index in [0.29, 0.717) is 23.8 Å². The number of hydrogen-bond donors (Lipinski definition) is 1. The molecule has 1 heterocycles. The fourth-order valence-electron chi connectivity index (χ4n) is 2.09. The number of nitrogens with zero attached hydrogens (tertiary/aromatic N) is 2. The molecule has 1 aromatic heterocycles. The quantitative estimate of drug-likeness (QED) is 0.726. The number of methoxy groups -OCH3 is 1. The van der Waals surface area contributed by atoms with E-state index in [1.807, 2.05) is 28.8 Å². The molecule has 6 nitrogen and oxygen atoms in total. The zero-order valence-corrected chi connectivity index (χ0v) is 13.9. The Bertz CT molecular complexity index is 655. The normalized spacial score (nSPS) is 12.1. The van der Waals surface area contributed by atoms with Crippen molar-refractivity contribution in [3.63, 3.8) is 0 Å². The molecule has 23 heavy (non-hydrogen) atoms. The van der Waals surface area contributed by atoms with Crippen molar-refractivity contribution >= 4 is 17.7 Å². The van der Waals surface area contributed by atoms with Gasteiger partial charge in [0.05, 0.1) is 30.6 Å². The molecule has 0 radical (unpaired) electrons. The lowest BCUT2D eigenvalue weighted by Crippen LogP contribution is -2.33. The van der Waals surface area contributed by atoms with Crippen molar-refractivity contribution in [2.75, 3.05) is 7.11 Å². The number of thioether (sulfide) groups is 1. The number of carbonyl (C=O) groups excluding carboxylic acids is 1. The van der Waals surface area contributed by atoms with Gasteiger partial charge in [0, 0.05) is 12.7 Å². The second kappa shape index (κ2) is 8.03. The standard InChI is InChI=1S/C16H20N2O4S/c1-3-14(15(20)21)23-16-17-12(10-19)9-18(16)8-11-4-6-13(22-2)7-5-11/h4-7,9,14,19H,3,8,10H2,1-2H3,(H,20,21)/p-1/t14-/m1/s1. The summed E-state index contributed by atoms with van der Waals surface area (Å²) in [7, 11) is 1.61. The molecule has 0 saturated carbocycles. The van der Waals surface area contributed by atoms with Crippen molar-refractivity contribution in [2.24, 2.45) is 0 Å². The Balaban J connectivity index is 2.22. The van der Waals surface area contributed by atoms with Crippen LogP contribution in [0.3, 0.4) is 0 Å². The van der Waals surface area contributed by atoms with Crippen LogP contribution < -0.4 is 9.84 Å². The van der Waals surface area contributed by atoms with E-state index in [0.717, 1.165) is 23.1 Å². The van der Waals surface area contributed by atoms with Crippen molar-refractivity contribution in [3.05, 3.63) is 41.7 Å². The van der Waals surface area contributed by atoms with Gasteiger partial charge in [0.15, 0.2) is 5.16 Å². The van der Waals surface area contributed by atoms with E-state index in [4.69, 9.17) is 4.74 Å². The maximum absolute atomic E-state index is 11.1. The molecule has 0 aliphatic carbocycles. The lowest BCUT2D eigenvalue weighted by molar-refractivity contribution is -0.304. The molecule has 0 spiro atoms. The number of carboxylic acid groups (broad SMARTS) is 1. The molecule has 2 rings (SSSR count). The van der Waals surface area contributed by atoms with Crippen LogP contribution in [0.25, 0.3) is 0 Å². The number of imidazole rings is 1. The van der Waals surface area contributed by atoms with Gasteiger partial charge in [-0.25, -0.2) is 4.98 Å². The molecule has 0 bridgehead atoms. The first kappa shape index (κ1) is 17.4. The fourth-order valence-corrected chi connectivity index (χ4v) is 3.03. The lowest BCUT2D eigenvalue weighted by Gasteiger charge is -2.16. The predicted octanol–water partition coefficient (Wildman–Crippen LogP) is 1.05.